The molecule has 0 unspecified atom stereocenters. The molecule has 64 valence electrons. The highest BCUT2D eigenvalue weighted by Crippen LogP contribution is 2.23. The van der Waals surface area contributed by atoms with Crippen LogP contribution in [0.4, 0.5) is 0 Å². The van der Waals surface area contributed by atoms with Crippen molar-refractivity contribution in [3.8, 4) is 5.06 Å². The van der Waals surface area contributed by atoms with Gasteiger partial charge in [-0.3, -0.25) is 0 Å². The number of rotatable bonds is 2. The number of aryl methyl sites for hydroxylation is 1. The van der Waals surface area contributed by atoms with Crippen molar-refractivity contribution in [1.82, 2.24) is 0 Å². The van der Waals surface area contributed by atoms with Crippen LogP contribution in [0.5, 0.6) is 5.06 Å². The Morgan fingerprint density at radius 1 is 1.58 bits per heavy atom. The van der Waals surface area contributed by atoms with Crippen LogP contribution in [0.15, 0.2) is 24.3 Å². The Labute approximate surface area is 75.5 Å². The van der Waals surface area contributed by atoms with Crippen molar-refractivity contribution < 1.29 is 9.53 Å². The third kappa shape index (κ3) is 2.20. The van der Waals surface area contributed by atoms with E-state index in [9.17, 15) is 4.79 Å². The summed E-state index contributed by atoms with van der Waals surface area (Å²) >= 11 is 1.45. The second-order valence-electron chi connectivity index (χ2n) is 2.53. The third-order valence-corrected chi connectivity index (χ3v) is 2.14. The van der Waals surface area contributed by atoms with E-state index in [2.05, 4.69) is 6.58 Å². The number of hydrogen-bond acceptors (Lipinski definition) is 3. The van der Waals surface area contributed by atoms with Crippen LogP contribution in [-0.2, 0) is 4.79 Å². The summed E-state index contributed by atoms with van der Waals surface area (Å²) in [6.45, 7) is 7.08. The molecule has 0 spiro atoms. The lowest BCUT2D eigenvalue weighted by molar-refractivity contribution is -0.129. The van der Waals surface area contributed by atoms with Gasteiger partial charge in [0.1, 0.15) is 0 Å². The van der Waals surface area contributed by atoms with E-state index in [4.69, 9.17) is 4.74 Å². The van der Waals surface area contributed by atoms with Crippen molar-refractivity contribution in [2.24, 2.45) is 0 Å². The maximum atomic E-state index is 11.0. The minimum Gasteiger partial charge on any atom is -0.412 e. The summed E-state index contributed by atoms with van der Waals surface area (Å²) in [6, 6.07) is 3.69. The number of carbonyl (C=O) groups is 1. The molecule has 0 atom stereocenters. The van der Waals surface area contributed by atoms with Crippen LogP contribution in [-0.4, -0.2) is 5.97 Å². The van der Waals surface area contributed by atoms with E-state index in [0.29, 0.717) is 10.6 Å². The van der Waals surface area contributed by atoms with Gasteiger partial charge in [0.05, 0.1) is 0 Å². The summed E-state index contributed by atoms with van der Waals surface area (Å²) < 4.78 is 4.98. The molecule has 1 aromatic rings. The lowest BCUT2D eigenvalue weighted by Gasteiger charge is -1.98. The zero-order chi connectivity index (χ0) is 9.14. The van der Waals surface area contributed by atoms with Gasteiger partial charge in [-0.25, -0.2) is 4.79 Å². The van der Waals surface area contributed by atoms with Gasteiger partial charge in [-0.05, 0) is 26.0 Å². The fourth-order valence-corrected chi connectivity index (χ4v) is 1.35. The second kappa shape index (κ2) is 3.54. The molecule has 0 saturated carbocycles. The van der Waals surface area contributed by atoms with Crippen LogP contribution >= 0.6 is 11.3 Å². The van der Waals surface area contributed by atoms with Crippen molar-refractivity contribution >= 4 is 17.3 Å². The Kier molecular flexibility index (Phi) is 2.65. The number of thiophene rings is 1. The monoisotopic (exact) mass is 182 g/mol. The molecule has 0 N–H and O–H groups in total. The maximum Gasteiger partial charge on any atom is 0.339 e. The zero-order valence-corrected chi connectivity index (χ0v) is 7.90. The number of ether oxygens (including phenoxy) is 1. The first-order chi connectivity index (χ1) is 5.59. The molecule has 1 heterocycles. The van der Waals surface area contributed by atoms with Crippen LogP contribution in [0.1, 0.15) is 11.8 Å². The van der Waals surface area contributed by atoms with E-state index < -0.39 is 0 Å². The van der Waals surface area contributed by atoms with Crippen molar-refractivity contribution in [1.29, 1.82) is 0 Å². The first-order valence-electron chi connectivity index (χ1n) is 3.53. The van der Waals surface area contributed by atoms with Crippen LogP contribution < -0.4 is 4.74 Å². The highest BCUT2D eigenvalue weighted by molar-refractivity contribution is 7.13. The summed E-state index contributed by atoms with van der Waals surface area (Å²) in [6.07, 6.45) is 0. The molecule has 2 nitrogen and oxygen atoms in total. The smallest absolute Gasteiger partial charge is 0.339 e. The average Bonchev–Trinajstić information content (AvgIpc) is 2.35. The molecular formula is C9H10O2S. The van der Waals surface area contributed by atoms with Gasteiger partial charge in [-0.15, -0.1) is 11.3 Å². The predicted molar refractivity (Wildman–Crippen MR) is 49.5 cm³/mol. The maximum absolute atomic E-state index is 11.0. The fourth-order valence-electron chi connectivity index (χ4n) is 0.645. The molecule has 12 heavy (non-hydrogen) atoms. The summed E-state index contributed by atoms with van der Waals surface area (Å²) in [5.41, 5.74) is 0.418. The Hall–Kier alpha value is -1.09. The van der Waals surface area contributed by atoms with Crippen molar-refractivity contribution in [2.45, 2.75) is 13.8 Å². The van der Waals surface area contributed by atoms with Gasteiger partial charge in [-0.2, -0.15) is 0 Å². The molecule has 1 rings (SSSR count). The normalized spacial score (nSPS) is 9.50. The van der Waals surface area contributed by atoms with Gasteiger partial charge in [0.15, 0.2) is 5.06 Å². The van der Waals surface area contributed by atoms with Crippen LogP contribution in [0, 0.1) is 6.92 Å². The lowest BCUT2D eigenvalue weighted by Crippen LogP contribution is -2.06. The second-order valence-corrected chi connectivity index (χ2v) is 3.79. The quantitative estimate of drug-likeness (QED) is 0.519. The van der Waals surface area contributed by atoms with Gasteiger partial charge in [0, 0.05) is 10.5 Å². The number of hydrogen-bond donors (Lipinski definition) is 0. The summed E-state index contributed by atoms with van der Waals surface area (Å²) in [4.78, 5) is 12.1. The van der Waals surface area contributed by atoms with E-state index in [1.165, 1.54) is 11.3 Å². The van der Waals surface area contributed by atoms with Crippen LogP contribution in [0.3, 0.4) is 0 Å². The van der Waals surface area contributed by atoms with Crippen molar-refractivity contribution in [3.63, 3.8) is 0 Å². The molecule has 1 aromatic heterocycles. The zero-order valence-electron chi connectivity index (χ0n) is 7.09. The molecule has 3 heteroatoms. The highest BCUT2D eigenvalue weighted by Gasteiger charge is 2.05. The molecular weight excluding hydrogens is 172 g/mol. The topological polar surface area (TPSA) is 26.3 Å². The van der Waals surface area contributed by atoms with E-state index in [1.54, 1.807) is 13.0 Å². The fraction of sp³-hybridized carbons (Fsp3) is 0.222. The lowest BCUT2D eigenvalue weighted by atomic mass is 10.4. The van der Waals surface area contributed by atoms with Gasteiger partial charge >= 0.3 is 5.97 Å². The third-order valence-electron chi connectivity index (χ3n) is 1.26. The molecule has 0 aliphatic carbocycles. The van der Waals surface area contributed by atoms with Gasteiger partial charge in [0.25, 0.3) is 0 Å². The summed E-state index contributed by atoms with van der Waals surface area (Å²) in [7, 11) is 0. The van der Waals surface area contributed by atoms with Gasteiger partial charge < -0.3 is 4.74 Å². The minimum absolute atomic E-state index is 0.364. The summed E-state index contributed by atoms with van der Waals surface area (Å²) in [5, 5.41) is 0.625. The Balaban J connectivity index is 2.64. The number of esters is 1. The SMILES string of the molecule is C=C(C)C(=O)Oc1ccc(C)s1. The average molecular weight is 182 g/mol. The number of carbonyl (C=O) groups excluding carboxylic acids is 1. The molecule has 0 aliphatic heterocycles. The molecule has 0 radical (unpaired) electrons. The van der Waals surface area contributed by atoms with Crippen molar-refractivity contribution in [2.75, 3.05) is 0 Å². The van der Waals surface area contributed by atoms with E-state index in [0.717, 1.165) is 4.88 Å². The van der Waals surface area contributed by atoms with Crippen LogP contribution in [0.25, 0.3) is 0 Å². The Morgan fingerprint density at radius 3 is 2.67 bits per heavy atom. The van der Waals surface area contributed by atoms with Gasteiger partial charge in [0.2, 0.25) is 0 Å². The predicted octanol–water partition coefficient (Wildman–Crippen LogP) is 2.54. The highest BCUT2D eigenvalue weighted by atomic mass is 32.1. The first kappa shape index (κ1) is 9.00. The molecule has 0 aliphatic rings. The standard InChI is InChI=1S/C9H10O2S/c1-6(2)9(10)11-8-5-4-7(3)12-8/h4-5H,1H2,2-3H3. The van der Waals surface area contributed by atoms with E-state index >= 15 is 0 Å². The van der Waals surface area contributed by atoms with Crippen LogP contribution in [0.2, 0.25) is 0 Å². The Bertz CT molecular complexity index is 312. The van der Waals surface area contributed by atoms with E-state index in [1.807, 2.05) is 13.0 Å². The molecule has 0 aromatic carbocycles. The Morgan fingerprint density at radius 2 is 2.25 bits per heavy atom. The molecule has 0 amide bonds. The van der Waals surface area contributed by atoms with Crippen molar-refractivity contribution in [3.05, 3.63) is 29.2 Å². The minimum atomic E-state index is -0.364. The molecule has 0 saturated heterocycles. The molecule has 0 bridgehead atoms. The summed E-state index contributed by atoms with van der Waals surface area (Å²) in [5.74, 6) is -0.364. The molecule has 0 fully saturated rings. The largest absolute Gasteiger partial charge is 0.412 e. The van der Waals surface area contributed by atoms with E-state index in [-0.39, 0.29) is 5.97 Å². The first-order valence-corrected chi connectivity index (χ1v) is 4.35. The van der Waals surface area contributed by atoms with Gasteiger partial charge in [-0.1, -0.05) is 6.58 Å².